The summed E-state index contributed by atoms with van der Waals surface area (Å²) < 4.78 is 0. The van der Waals surface area contributed by atoms with Crippen LogP contribution in [-0.4, -0.2) is 9.94 Å². The summed E-state index contributed by atoms with van der Waals surface area (Å²) >= 11 is 24.0. The molecule has 100 valence electrons. The number of benzene rings is 2. The van der Waals surface area contributed by atoms with Gasteiger partial charge >= 0.3 is 0 Å². The van der Waals surface area contributed by atoms with Gasteiger partial charge in [-0.25, -0.2) is 0 Å². The molecule has 0 saturated heterocycles. The highest BCUT2D eigenvalue weighted by atomic mass is 35.5. The Morgan fingerprint density at radius 1 is 0.895 bits per heavy atom. The lowest BCUT2D eigenvalue weighted by Gasteiger charge is -2.31. The zero-order valence-corrected chi connectivity index (χ0v) is 12.7. The van der Waals surface area contributed by atoms with Crippen molar-refractivity contribution in [2.75, 3.05) is 0 Å². The molecule has 5 heteroatoms. The Morgan fingerprint density at radius 3 is 2.00 bits per heavy atom. The van der Waals surface area contributed by atoms with E-state index in [2.05, 4.69) is 0 Å². The molecule has 2 rings (SSSR count). The van der Waals surface area contributed by atoms with E-state index in [4.69, 9.17) is 46.4 Å². The maximum atomic E-state index is 10.9. The molecule has 0 fully saturated rings. The molecular weight excluding hydrogens is 326 g/mol. The number of hydrogen-bond acceptors (Lipinski definition) is 1. The fourth-order valence-corrected chi connectivity index (χ4v) is 2.77. The highest BCUT2D eigenvalue weighted by molar-refractivity contribution is 6.45. The predicted octanol–water partition coefficient (Wildman–Crippen LogP) is 5.03. The van der Waals surface area contributed by atoms with Crippen LogP contribution >= 0.6 is 46.4 Å². The van der Waals surface area contributed by atoms with E-state index in [1.807, 2.05) is 0 Å². The van der Waals surface area contributed by atoms with Crippen molar-refractivity contribution in [2.24, 2.45) is 0 Å². The third-order valence-corrected chi connectivity index (χ3v) is 4.10. The lowest BCUT2D eigenvalue weighted by Crippen LogP contribution is -2.34. The Hall–Kier alpha value is -0.440. The van der Waals surface area contributed by atoms with Crippen molar-refractivity contribution in [3.05, 3.63) is 69.7 Å². The van der Waals surface area contributed by atoms with Gasteiger partial charge in [-0.15, -0.1) is 23.2 Å². The van der Waals surface area contributed by atoms with E-state index in [0.717, 1.165) is 0 Å². The molecule has 1 nitrogen and oxygen atoms in total. The van der Waals surface area contributed by atoms with Gasteiger partial charge in [0.2, 0.25) is 0 Å². The third kappa shape index (κ3) is 2.86. The first-order valence-corrected chi connectivity index (χ1v) is 7.10. The molecule has 0 amide bonds. The highest BCUT2D eigenvalue weighted by Gasteiger charge is 2.39. The number of halogens is 4. The van der Waals surface area contributed by atoms with Crippen LogP contribution in [0.1, 0.15) is 11.1 Å². The molecule has 0 aliphatic carbocycles. The van der Waals surface area contributed by atoms with Gasteiger partial charge in [0.15, 0.2) is 0 Å². The molecule has 1 N–H and O–H groups in total. The van der Waals surface area contributed by atoms with E-state index < -0.39 is 10.4 Å². The van der Waals surface area contributed by atoms with Crippen molar-refractivity contribution < 1.29 is 5.11 Å². The topological polar surface area (TPSA) is 20.2 Å². The maximum absolute atomic E-state index is 10.9. The van der Waals surface area contributed by atoms with Crippen LogP contribution in [0, 0.1) is 0 Å². The summed E-state index contributed by atoms with van der Waals surface area (Å²) in [5.41, 5.74) is -0.611. The van der Waals surface area contributed by atoms with E-state index in [1.54, 1.807) is 48.5 Å². The summed E-state index contributed by atoms with van der Waals surface area (Å²) in [4.78, 5) is -1.08. The average molecular weight is 336 g/mol. The monoisotopic (exact) mass is 334 g/mol. The van der Waals surface area contributed by atoms with Crippen LogP contribution in [0.15, 0.2) is 48.5 Å². The molecule has 0 spiro atoms. The molecule has 2 aromatic carbocycles. The van der Waals surface area contributed by atoms with Gasteiger partial charge in [-0.05, 0) is 23.8 Å². The highest BCUT2D eigenvalue weighted by Crippen LogP contribution is 2.41. The van der Waals surface area contributed by atoms with E-state index in [1.165, 1.54) is 0 Å². The lowest BCUT2D eigenvalue weighted by atomic mass is 9.88. The summed E-state index contributed by atoms with van der Waals surface area (Å²) in [6, 6.07) is 13.6. The zero-order valence-electron chi connectivity index (χ0n) is 9.66. The van der Waals surface area contributed by atoms with Gasteiger partial charge in [-0.3, -0.25) is 0 Å². The van der Waals surface area contributed by atoms with Crippen molar-refractivity contribution in [1.29, 1.82) is 0 Å². The number of alkyl halides is 2. The van der Waals surface area contributed by atoms with Crippen LogP contribution in [0.25, 0.3) is 0 Å². The van der Waals surface area contributed by atoms with Gasteiger partial charge in [-0.2, -0.15) is 0 Å². The van der Waals surface area contributed by atoms with Crippen LogP contribution in [0.4, 0.5) is 0 Å². The van der Waals surface area contributed by atoms with E-state index in [9.17, 15) is 5.11 Å². The first kappa shape index (κ1) is 15.0. The molecule has 19 heavy (non-hydrogen) atoms. The van der Waals surface area contributed by atoms with Gasteiger partial charge in [0.25, 0.3) is 0 Å². The number of rotatable bonds is 3. The molecule has 1 unspecified atom stereocenters. The Balaban J connectivity index is 2.62. The van der Waals surface area contributed by atoms with Gasteiger partial charge in [-0.1, -0.05) is 53.5 Å². The zero-order chi connectivity index (χ0) is 14.0. The van der Waals surface area contributed by atoms with Crippen LogP contribution in [0.2, 0.25) is 10.0 Å². The molecule has 0 aromatic heterocycles. The third-order valence-electron chi connectivity index (χ3n) is 2.88. The standard InChI is InChI=1S/C14H10Cl4O/c15-10-7-5-9(6-8-10)14(19,13(17)18)11-3-1-2-4-12(11)16/h1-8,13,19H. The molecule has 0 heterocycles. The van der Waals surface area contributed by atoms with Crippen molar-refractivity contribution >= 4 is 46.4 Å². The van der Waals surface area contributed by atoms with Crippen molar-refractivity contribution in [3.63, 3.8) is 0 Å². The first-order valence-electron chi connectivity index (χ1n) is 5.48. The van der Waals surface area contributed by atoms with E-state index in [0.29, 0.717) is 21.2 Å². The smallest absolute Gasteiger partial charge is 0.146 e. The number of hydrogen-bond donors (Lipinski definition) is 1. The minimum Gasteiger partial charge on any atom is -0.377 e. The summed E-state index contributed by atoms with van der Waals surface area (Å²) in [7, 11) is 0. The van der Waals surface area contributed by atoms with Gasteiger partial charge in [0.05, 0.1) is 0 Å². The molecular formula is C14H10Cl4O. The summed E-state index contributed by atoms with van der Waals surface area (Å²) in [6.45, 7) is 0. The summed E-state index contributed by atoms with van der Waals surface area (Å²) in [6.07, 6.45) is 0. The minimum absolute atomic E-state index is 0.395. The van der Waals surface area contributed by atoms with E-state index in [-0.39, 0.29) is 0 Å². The van der Waals surface area contributed by atoms with Crippen molar-refractivity contribution in [1.82, 2.24) is 0 Å². The van der Waals surface area contributed by atoms with Crippen molar-refractivity contribution in [3.8, 4) is 0 Å². The lowest BCUT2D eigenvalue weighted by molar-refractivity contribution is 0.0958. The molecule has 0 aliphatic heterocycles. The largest absolute Gasteiger partial charge is 0.377 e. The molecule has 0 aliphatic rings. The molecule has 0 bridgehead atoms. The fourth-order valence-electron chi connectivity index (χ4n) is 1.87. The SMILES string of the molecule is OC(c1ccc(Cl)cc1)(c1ccccc1Cl)C(Cl)Cl. The van der Waals surface area contributed by atoms with Crippen LogP contribution < -0.4 is 0 Å². The molecule has 2 aromatic rings. The van der Waals surface area contributed by atoms with Gasteiger partial charge in [0.1, 0.15) is 10.4 Å². The molecule has 0 radical (unpaired) electrons. The van der Waals surface area contributed by atoms with Crippen LogP contribution in [0.5, 0.6) is 0 Å². The normalized spacial score (nSPS) is 14.4. The number of aliphatic hydroxyl groups is 1. The molecule has 1 atom stereocenters. The van der Waals surface area contributed by atoms with Crippen molar-refractivity contribution in [2.45, 2.75) is 10.4 Å². The maximum Gasteiger partial charge on any atom is 0.146 e. The Labute approximate surface area is 131 Å². The Kier molecular flexibility index (Phi) is 4.65. The second kappa shape index (κ2) is 5.90. The quantitative estimate of drug-likeness (QED) is 0.779. The summed E-state index contributed by atoms with van der Waals surface area (Å²) in [5.74, 6) is 0. The summed E-state index contributed by atoms with van der Waals surface area (Å²) in [5, 5.41) is 11.9. The fraction of sp³-hybridized carbons (Fsp3) is 0.143. The Morgan fingerprint density at radius 2 is 1.47 bits per heavy atom. The van der Waals surface area contributed by atoms with Crippen LogP contribution in [0.3, 0.4) is 0 Å². The minimum atomic E-state index is -1.59. The second-order valence-corrected chi connectivity index (χ2v) is 5.99. The van der Waals surface area contributed by atoms with Gasteiger partial charge in [0, 0.05) is 15.6 Å². The average Bonchev–Trinajstić information content (AvgIpc) is 2.39. The second-order valence-electron chi connectivity index (χ2n) is 4.05. The van der Waals surface area contributed by atoms with Crippen LogP contribution in [-0.2, 0) is 5.60 Å². The van der Waals surface area contributed by atoms with Gasteiger partial charge < -0.3 is 5.11 Å². The Bertz CT molecular complexity index is 568. The predicted molar refractivity (Wildman–Crippen MR) is 81.4 cm³/mol. The molecule has 0 saturated carbocycles. The van der Waals surface area contributed by atoms with E-state index >= 15 is 0 Å². The first-order chi connectivity index (χ1) is 8.96.